The summed E-state index contributed by atoms with van der Waals surface area (Å²) in [6.07, 6.45) is -4.70. The molecule has 2 rings (SSSR count). The van der Waals surface area contributed by atoms with Crippen LogP contribution in [0.4, 0.5) is 18.0 Å². The van der Waals surface area contributed by atoms with Gasteiger partial charge >= 0.3 is 18.1 Å². The van der Waals surface area contributed by atoms with Crippen molar-refractivity contribution >= 4 is 6.03 Å². The van der Waals surface area contributed by atoms with E-state index in [1.54, 1.807) is 19.1 Å². The zero-order chi connectivity index (χ0) is 19.3. The molecule has 0 saturated carbocycles. The van der Waals surface area contributed by atoms with E-state index in [1.807, 2.05) is 0 Å². The van der Waals surface area contributed by atoms with Gasteiger partial charge in [0, 0.05) is 12.6 Å². The van der Waals surface area contributed by atoms with Crippen molar-refractivity contribution in [1.29, 1.82) is 0 Å². The molecule has 26 heavy (non-hydrogen) atoms. The molecule has 0 radical (unpaired) electrons. The smallest absolute Gasteiger partial charge is 0.329 e. The second-order valence-corrected chi connectivity index (χ2v) is 5.03. The van der Waals surface area contributed by atoms with Gasteiger partial charge in [-0.25, -0.2) is 9.86 Å². The van der Waals surface area contributed by atoms with Crippen LogP contribution in [0, 0.1) is 0 Å². The number of aromatic nitrogens is 2. The van der Waals surface area contributed by atoms with Crippen molar-refractivity contribution in [2.24, 2.45) is 0 Å². The number of alkyl halides is 3. The molecule has 142 valence electrons. The molecule has 0 saturated heterocycles. The summed E-state index contributed by atoms with van der Waals surface area (Å²) < 4.78 is 41.7. The molecule has 0 spiro atoms. The Balaban J connectivity index is 2.13. The highest BCUT2D eigenvalue weighted by molar-refractivity contribution is 5.71. The molecule has 0 atom stereocenters. The van der Waals surface area contributed by atoms with Crippen LogP contribution in [0.15, 0.2) is 28.8 Å². The second kappa shape index (κ2) is 8.15. The van der Waals surface area contributed by atoms with Crippen molar-refractivity contribution in [3.05, 3.63) is 35.7 Å². The highest BCUT2D eigenvalue weighted by Crippen LogP contribution is 2.29. The van der Waals surface area contributed by atoms with Crippen molar-refractivity contribution < 1.29 is 32.2 Å². The average molecular weight is 374 g/mol. The fourth-order valence-corrected chi connectivity index (χ4v) is 1.94. The number of hydrogen-bond acceptors (Lipinski definition) is 6. The first kappa shape index (κ1) is 19.7. The molecule has 8 nitrogen and oxygen atoms in total. The van der Waals surface area contributed by atoms with Crippen LogP contribution in [0.5, 0.6) is 0 Å². The van der Waals surface area contributed by atoms with Gasteiger partial charge in [-0.05, 0) is 12.5 Å². The van der Waals surface area contributed by atoms with Crippen LogP contribution >= 0.6 is 0 Å². The predicted molar refractivity (Wildman–Crippen MR) is 82.1 cm³/mol. The lowest BCUT2D eigenvalue weighted by Gasteiger charge is -2.25. The van der Waals surface area contributed by atoms with Crippen LogP contribution in [0.25, 0.3) is 11.4 Å². The number of rotatable bonds is 6. The highest BCUT2D eigenvalue weighted by Gasteiger charge is 2.38. The van der Waals surface area contributed by atoms with Gasteiger partial charge in [-0.15, -0.1) is 0 Å². The Morgan fingerprint density at radius 1 is 1.27 bits per heavy atom. The van der Waals surface area contributed by atoms with Crippen LogP contribution in [0.3, 0.4) is 0 Å². The number of urea groups is 1. The summed E-state index contributed by atoms with van der Waals surface area (Å²) in [5, 5.41) is 5.42. The molecule has 0 unspecified atom stereocenters. The predicted octanol–water partition coefficient (Wildman–Crippen LogP) is 3.12. The quantitative estimate of drug-likeness (QED) is 0.723. The number of halogens is 3. The van der Waals surface area contributed by atoms with Crippen molar-refractivity contribution in [2.75, 3.05) is 20.8 Å². The second-order valence-electron chi connectivity index (χ2n) is 5.03. The van der Waals surface area contributed by atoms with Crippen molar-refractivity contribution in [3.63, 3.8) is 0 Å². The van der Waals surface area contributed by atoms with E-state index in [0.717, 1.165) is 10.1 Å². The van der Waals surface area contributed by atoms with Gasteiger partial charge in [0.1, 0.15) is 0 Å². The Hall–Kier alpha value is -2.66. The minimum Gasteiger partial charge on any atom is -0.329 e. The zero-order valence-corrected chi connectivity index (χ0v) is 14.3. The summed E-state index contributed by atoms with van der Waals surface area (Å²) in [6, 6.07) is 5.77. The third kappa shape index (κ3) is 4.70. The van der Waals surface area contributed by atoms with Gasteiger partial charge in [0.15, 0.2) is 0 Å². The van der Waals surface area contributed by atoms with E-state index in [1.165, 1.54) is 26.3 Å². The topological polar surface area (TPSA) is 80.9 Å². The fraction of sp³-hybridized carbons (Fsp3) is 0.400. The molecule has 0 aliphatic heterocycles. The average Bonchev–Trinajstić information content (AvgIpc) is 3.11. The van der Waals surface area contributed by atoms with Gasteiger partial charge in [0.25, 0.3) is 0 Å². The van der Waals surface area contributed by atoms with Crippen LogP contribution in [0.2, 0.25) is 0 Å². The van der Waals surface area contributed by atoms with E-state index in [4.69, 9.17) is 9.68 Å². The van der Waals surface area contributed by atoms with Gasteiger partial charge in [0.05, 0.1) is 20.3 Å². The van der Waals surface area contributed by atoms with Crippen molar-refractivity contribution in [1.82, 2.24) is 20.3 Å². The summed E-state index contributed by atoms with van der Waals surface area (Å²) in [5.41, 5.74) is 1.02. The molecular formula is C15H17F3N4O4. The van der Waals surface area contributed by atoms with E-state index in [9.17, 15) is 18.0 Å². The molecule has 1 heterocycles. The number of benzene rings is 1. The monoisotopic (exact) mass is 374 g/mol. The largest absolute Gasteiger partial charge is 0.471 e. The molecular weight excluding hydrogens is 357 g/mol. The van der Waals surface area contributed by atoms with E-state index in [0.29, 0.717) is 11.1 Å². The van der Waals surface area contributed by atoms with E-state index >= 15 is 0 Å². The maximum absolute atomic E-state index is 12.5. The maximum atomic E-state index is 12.5. The SMILES string of the molecule is CCON(Cc1ccc(-c2noc(C(F)(F)F)n2)cc1)C(=O)N(C)OC. The highest BCUT2D eigenvalue weighted by atomic mass is 19.4. The number of amides is 2. The van der Waals surface area contributed by atoms with Gasteiger partial charge in [-0.3, -0.25) is 9.68 Å². The number of nitrogens with zero attached hydrogens (tertiary/aromatic N) is 4. The standard InChI is InChI=1S/C15H17F3N4O4/c1-4-25-22(14(23)21(2)24-3)9-10-5-7-11(8-6-10)12-19-13(26-20-12)15(16,17)18/h5-8H,4,9H2,1-3H3. The summed E-state index contributed by atoms with van der Waals surface area (Å²) >= 11 is 0. The van der Waals surface area contributed by atoms with Gasteiger partial charge < -0.3 is 4.52 Å². The number of carbonyl (C=O) groups excluding carboxylic acids is 1. The van der Waals surface area contributed by atoms with E-state index in [-0.39, 0.29) is 19.0 Å². The summed E-state index contributed by atoms with van der Waals surface area (Å²) in [5.74, 6) is -1.59. The van der Waals surface area contributed by atoms with E-state index in [2.05, 4.69) is 14.7 Å². The lowest BCUT2D eigenvalue weighted by molar-refractivity contribution is -0.162. The Kier molecular flexibility index (Phi) is 6.16. The third-order valence-electron chi connectivity index (χ3n) is 3.25. The minimum absolute atomic E-state index is 0.112. The summed E-state index contributed by atoms with van der Waals surface area (Å²) in [4.78, 5) is 25.5. The van der Waals surface area contributed by atoms with E-state index < -0.39 is 18.1 Å². The first-order valence-corrected chi connectivity index (χ1v) is 7.48. The van der Waals surface area contributed by atoms with Crippen molar-refractivity contribution in [3.8, 4) is 11.4 Å². The fourth-order valence-electron chi connectivity index (χ4n) is 1.94. The number of hydrogen-bond donors (Lipinski definition) is 0. The van der Waals surface area contributed by atoms with Gasteiger partial charge in [-0.1, -0.05) is 29.4 Å². The maximum Gasteiger partial charge on any atom is 0.471 e. The van der Waals surface area contributed by atoms with Crippen LogP contribution in [0.1, 0.15) is 18.4 Å². The normalized spacial score (nSPS) is 11.5. The molecule has 2 aromatic rings. The Labute approximate surface area is 147 Å². The molecule has 2 amide bonds. The van der Waals surface area contributed by atoms with Gasteiger partial charge in [0.2, 0.25) is 5.82 Å². The molecule has 1 aromatic carbocycles. The molecule has 0 fully saturated rings. The van der Waals surface area contributed by atoms with Crippen LogP contribution < -0.4 is 0 Å². The molecule has 0 aliphatic carbocycles. The minimum atomic E-state index is -4.70. The molecule has 1 aromatic heterocycles. The van der Waals surface area contributed by atoms with Crippen molar-refractivity contribution in [2.45, 2.75) is 19.6 Å². The number of hydroxylamine groups is 4. The van der Waals surface area contributed by atoms with Gasteiger partial charge in [-0.2, -0.15) is 23.2 Å². The Morgan fingerprint density at radius 2 is 1.92 bits per heavy atom. The summed E-state index contributed by atoms with van der Waals surface area (Å²) in [6.45, 7) is 2.11. The Morgan fingerprint density at radius 3 is 2.42 bits per heavy atom. The van der Waals surface area contributed by atoms with Crippen LogP contribution in [-0.2, 0) is 22.4 Å². The molecule has 0 bridgehead atoms. The zero-order valence-electron chi connectivity index (χ0n) is 14.3. The molecule has 0 N–H and O–H groups in total. The third-order valence-corrected chi connectivity index (χ3v) is 3.25. The van der Waals surface area contributed by atoms with Crippen LogP contribution in [-0.4, -0.2) is 47.1 Å². The first-order chi connectivity index (χ1) is 12.3. The number of carbonyl (C=O) groups is 1. The molecule has 11 heteroatoms. The first-order valence-electron chi connectivity index (χ1n) is 7.48. The Bertz CT molecular complexity index is 733. The lowest BCUT2D eigenvalue weighted by Crippen LogP contribution is -2.40. The summed E-state index contributed by atoms with van der Waals surface area (Å²) in [7, 11) is 2.78. The molecule has 0 aliphatic rings. The lowest BCUT2D eigenvalue weighted by atomic mass is 10.1.